The minimum atomic E-state index is -0.447. The molecular weight excluding hydrogens is 379 g/mol. The van der Waals surface area contributed by atoms with Crippen molar-refractivity contribution in [2.75, 3.05) is 18.0 Å². The number of amides is 1. The summed E-state index contributed by atoms with van der Waals surface area (Å²) in [5.41, 5.74) is 0.755. The highest BCUT2D eigenvalue weighted by Gasteiger charge is 2.34. The van der Waals surface area contributed by atoms with Crippen LogP contribution < -0.4 is 4.90 Å². The Morgan fingerprint density at radius 3 is 2.38 bits per heavy atom. The molecule has 4 nitrogen and oxygen atoms in total. The molecule has 21 heavy (non-hydrogen) atoms. The van der Waals surface area contributed by atoms with Gasteiger partial charge in [-0.2, -0.15) is 0 Å². The van der Waals surface area contributed by atoms with Crippen LogP contribution in [0.3, 0.4) is 0 Å². The van der Waals surface area contributed by atoms with E-state index < -0.39 is 5.60 Å². The highest BCUT2D eigenvalue weighted by molar-refractivity contribution is 14.1. The third-order valence-electron chi connectivity index (χ3n) is 3.34. The molecule has 1 fully saturated rings. The molecule has 0 aliphatic carbocycles. The second-order valence-electron chi connectivity index (χ2n) is 6.41. The molecule has 5 heteroatoms. The van der Waals surface area contributed by atoms with E-state index in [4.69, 9.17) is 4.74 Å². The summed E-state index contributed by atoms with van der Waals surface area (Å²) in [6.07, 6.45) is -0.219. The number of hydrogen-bond acceptors (Lipinski definition) is 3. The van der Waals surface area contributed by atoms with Crippen LogP contribution in [0.5, 0.6) is 0 Å². The van der Waals surface area contributed by atoms with Gasteiger partial charge >= 0.3 is 6.09 Å². The average Bonchev–Trinajstić information content (AvgIpc) is 2.37. The molecule has 1 aromatic carbocycles. The maximum Gasteiger partial charge on any atom is 0.410 e. The van der Waals surface area contributed by atoms with Crippen LogP contribution in [0.2, 0.25) is 0 Å². The van der Waals surface area contributed by atoms with E-state index in [1.807, 2.05) is 43.9 Å². The summed E-state index contributed by atoms with van der Waals surface area (Å²) < 4.78 is 5.72. The first-order chi connectivity index (χ1) is 9.78. The largest absolute Gasteiger partial charge is 0.444 e. The molecule has 116 valence electrons. The third kappa shape index (κ3) is 4.25. The lowest BCUT2D eigenvalue weighted by atomic mass is 10.1. The summed E-state index contributed by atoms with van der Waals surface area (Å²) in [5.74, 6) is 0. The van der Waals surface area contributed by atoms with Crippen LogP contribution in [-0.2, 0) is 4.74 Å². The Labute approximate surface area is 140 Å². The summed E-state index contributed by atoms with van der Waals surface area (Å²) in [7, 11) is 0. The smallest absolute Gasteiger partial charge is 0.410 e. The number of carbonyl (C=O) groups excluding carboxylic acids is 1. The third-order valence-corrected chi connectivity index (χ3v) is 4.33. The molecule has 0 N–H and O–H groups in total. The Balaban J connectivity index is 2.07. The van der Waals surface area contributed by atoms with Gasteiger partial charge < -0.3 is 14.5 Å². The van der Waals surface area contributed by atoms with Gasteiger partial charge in [0.2, 0.25) is 0 Å². The maximum absolute atomic E-state index is 12.2. The van der Waals surface area contributed by atoms with Gasteiger partial charge in [-0.05, 0) is 39.8 Å². The molecule has 1 heterocycles. The molecule has 2 rings (SSSR count). The van der Waals surface area contributed by atoms with Gasteiger partial charge in [-0.3, -0.25) is 0 Å². The number of anilines is 1. The van der Waals surface area contributed by atoms with Gasteiger partial charge in [0.25, 0.3) is 0 Å². The van der Waals surface area contributed by atoms with Crippen LogP contribution in [0.15, 0.2) is 30.3 Å². The second-order valence-corrected chi connectivity index (χ2v) is 7.85. The molecule has 1 amide bonds. The van der Waals surface area contributed by atoms with Crippen molar-refractivity contribution in [3.63, 3.8) is 0 Å². The number of piperazine rings is 1. The van der Waals surface area contributed by atoms with Gasteiger partial charge in [-0.1, -0.05) is 40.8 Å². The first kappa shape index (κ1) is 16.4. The van der Waals surface area contributed by atoms with Crippen molar-refractivity contribution in [1.29, 1.82) is 0 Å². The number of ether oxygens (including phenoxy) is 1. The van der Waals surface area contributed by atoms with Gasteiger partial charge in [0.05, 0.1) is 10.6 Å². The summed E-state index contributed by atoms with van der Waals surface area (Å²) in [5, 5.41) is 0. The van der Waals surface area contributed by atoms with Crippen LogP contribution in [0, 0.1) is 0 Å². The fraction of sp³-hybridized carbons (Fsp3) is 0.562. The summed E-state index contributed by atoms with van der Waals surface area (Å²) in [4.78, 5) is 16.4. The number of nitrogens with zero attached hydrogens (tertiary/aromatic N) is 2. The summed E-state index contributed by atoms with van der Waals surface area (Å²) in [6, 6.07) is 10.6. The fourth-order valence-corrected chi connectivity index (χ4v) is 3.87. The lowest BCUT2D eigenvalue weighted by molar-refractivity contribution is 0.0214. The SMILES string of the molecule is C[C@@H]1CN(C(=O)OC(C)(C)C)C[C@H](I)N1c1ccccc1. The Morgan fingerprint density at radius 1 is 1.24 bits per heavy atom. The van der Waals surface area contributed by atoms with E-state index in [-0.39, 0.29) is 16.2 Å². The van der Waals surface area contributed by atoms with Crippen molar-refractivity contribution in [2.45, 2.75) is 43.4 Å². The van der Waals surface area contributed by atoms with Crippen molar-refractivity contribution in [2.24, 2.45) is 0 Å². The fourth-order valence-electron chi connectivity index (χ4n) is 2.52. The number of carbonyl (C=O) groups is 1. The lowest BCUT2D eigenvalue weighted by Gasteiger charge is -2.44. The predicted molar refractivity (Wildman–Crippen MR) is 94.0 cm³/mol. The first-order valence-corrected chi connectivity index (χ1v) is 8.48. The van der Waals surface area contributed by atoms with E-state index >= 15 is 0 Å². The number of benzene rings is 1. The Morgan fingerprint density at radius 2 is 1.86 bits per heavy atom. The number of hydrogen-bond donors (Lipinski definition) is 0. The van der Waals surface area contributed by atoms with E-state index in [0.29, 0.717) is 13.1 Å². The van der Waals surface area contributed by atoms with E-state index in [1.54, 1.807) is 0 Å². The quantitative estimate of drug-likeness (QED) is 0.406. The van der Waals surface area contributed by atoms with E-state index in [2.05, 4.69) is 46.5 Å². The molecule has 2 atom stereocenters. The normalized spacial score (nSPS) is 23.1. The van der Waals surface area contributed by atoms with Gasteiger partial charge in [0.15, 0.2) is 0 Å². The Kier molecular flexibility index (Phi) is 5.01. The molecule has 1 saturated heterocycles. The van der Waals surface area contributed by atoms with Gasteiger partial charge in [0, 0.05) is 18.3 Å². The van der Waals surface area contributed by atoms with Crippen molar-refractivity contribution < 1.29 is 9.53 Å². The minimum Gasteiger partial charge on any atom is -0.444 e. The molecule has 1 aliphatic rings. The number of para-hydroxylation sites is 1. The maximum atomic E-state index is 12.2. The zero-order chi connectivity index (χ0) is 15.6. The average molecular weight is 402 g/mol. The van der Waals surface area contributed by atoms with Crippen molar-refractivity contribution in [1.82, 2.24) is 4.90 Å². The van der Waals surface area contributed by atoms with E-state index in [9.17, 15) is 4.79 Å². The van der Waals surface area contributed by atoms with Crippen LogP contribution in [0.1, 0.15) is 27.7 Å². The molecule has 0 bridgehead atoms. The van der Waals surface area contributed by atoms with E-state index in [1.165, 1.54) is 5.69 Å². The standard InChI is InChI=1S/C16H23IN2O2/c1-12-10-18(15(20)21-16(2,3)4)11-14(17)19(12)13-8-6-5-7-9-13/h5-9,12,14H,10-11H2,1-4H3/t12-,14-/m1/s1. The van der Waals surface area contributed by atoms with Gasteiger partial charge in [0.1, 0.15) is 5.60 Å². The minimum absolute atomic E-state index is 0.219. The number of rotatable bonds is 1. The van der Waals surface area contributed by atoms with Crippen molar-refractivity contribution in [3.8, 4) is 0 Å². The molecular formula is C16H23IN2O2. The van der Waals surface area contributed by atoms with Crippen LogP contribution in [0.25, 0.3) is 0 Å². The molecule has 0 unspecified atom stereocenters. The molecule has 0 saturated carbocycles. The zero-order valence-corrected chi connectivity index (χ0v) is 15.2. The Hall–Kier alpha value is -0.980. The van der Waals surface area contributed by atoms with Crippen LogP contribution in [0.4, 0.5) is 10.5 Å². The van der Waals surface area contributed by atoms with Crippen molar-refractivity contribution >= 4 is 34.4 Å². The second kappa shape index (κ2) is 6.42. The predicted octanol–water partition coefficient (Wildman–Crippen LogP) is 3.89. The molecule has 1 aromatic rings. The van der Waals surface area contributed by atoms with Gasteiger partial charge in [-0.15, -0.1) is 0 Å². The highest BCUT2D eigenvalue weighted by Crippen LogP contribution is 2.28. The number of halogens is 1. The summed E-state index contributed by atoms with van der Waals surface area (Å²) >= 11 is 2.40. The molecule has 0 aromatic heterocycles. The van der Waals surface area contributed by atoms with Crippen LogP contribution in [-0.4, -0.2) is 39.8 Å². The Bertz CT molecular complexity index is 475. The molecule has 1 aliphatic heterocycles. The lowest BCUT2D eigenvalue weighted by Crippen LogP contribution is -2.57. The topological polar surface area (TPSA) is 32.8 Å². The summed E-state index contributed by atoms with van der Waals surface area (Å²) in [6.45, 7) is 9.20. The monoisotopic (exact) mass is 402 g/mol. The zero-order valence-electron chi connectivity index (χ0n) is 13.0. The van der Waals surface area contributed by atoms with Gasteiger partial charge in [-0.25, -0.2) is 4.79 Å². The number of alkyl halides is 1. The van der Waals surface area contributed by atoms with Crippen LogP contribution >= 0.6 is 22.6 Å². The van der Waals surface area contributed by atoms with Crippen molar-refractivity contribution in [3.05, 3.63) is 30.3 Å². The molecule has 0 radical (unpaired) electrons. The molecule has 0 spiro atoms. The first-order valence-electron chi connectivity index (χ1n) is 7.23. The van der Waals surface area contributed by atoms with E-state index in [0.717, 1.165) is 0 Å². The highest BCUT2D eigenvalue weighted by atomic mass is 127.